The third kappa shape index (κ3) is 7.46. The van der Waals surface area contributed by atoms with Gasteiger partial charge >= 0.3 is 14.8 Å². The molecule has 0 heterocycles. The molecule has 0 fully saturated rings. The highest BCUT2D eigenvalue weighted by Gasteiger charge is 2.43. The van der Waals surface area contributed by atoms with E-state index in [2.05, 4.69) is 0 Å². The second-order valence-corrected chi connectivity index (χ2v) is 7.44. The Kier molecular flexibility index (Phi) is 7.51. The molecule has 0 spiro atoms. The van der Waals surface area contributed by atoms with Gasteiger partial charge in [-0.25, -0.2) is 4.79 Å². The van der Waals surface area contributed by atoms with Crippen LogP contribution in [0.15, 0.2) is 11.3 Å². The zero-order valence-corrected chi connectivity index (χ0v) is 13.9. The van der Waals surface area contributed by atoms with Gasteiger partial charge in [0.2, 0.25) is 0 Å². The van der Waals surface area contributed by atoms with Crippen LogP contribution in [-0.2, 0) is 18.1 Å². The Hall–Kier alpha value is -0.693. The van der Waals surface area contributed by atoms with Gasteiger partial charge in [-0.15, -0.1) is 0 Å². The van der Waals surface area contributed by atoms with E-state index in [1.165, 1.54) is 12.6 Å². The maximum absolute atomic E-state index is 11.0. The van der Waals surface area contributed by atoms with Crippen LogP contribution in [-0.4, -0.2) is 38.2 Å². The fourth-order valence-corrected chi connectivity index (χ4v) is 4.49. The quantitative estimate of drug-likeness (QED) is 0.550. The first-order valence-electron chi connectivity index (χ1n) is 6.54. The first-order valence-corrected chi connectivity index (χ1v) is 8.34. The van der Waals surface area contributed by atoms with Crippen molar-refractivity contribution in [1.82, 2.24) is 0 Å². The molecule has 0 aromatic carbocycles. The molecule has 112 valence electrons. The Labute approximate surface area is 116 Å². The standard InChI is InChI=1S/C13H26O5Si/c1-9(2)16-19(17-10(3)4,18-11(5)6)8-12(7)13(14)15/h8-11H,1-7H3,(H,14,15). The van der Waals surface area contributed by atoms with Gasteiger partial charge in [-0.2, -0.15) is 0 Å². The van der Waals surface area contributed by atoms with E-state index < -0.39 is 14.8 Å². The van der Waals surface area contributed by atoms with Crippen molar-refractivity contribution >= 4 is 14.8 Å². The van der Waals surface area contributed by atoms with E-state index >= 15 is 0 Å². The van der Waals surface area contributed by atoms with Crippen molar-refractivity contribution in [3.05, 3.63) is 11.3 Å². The van der Waals surface area contributed by atoms with E-state index in [1.54, 1.807) is 0 Å². The normalized spacial score (nSPS) is 13.7. The Bertz CT molecular complexity index is 296. The van der Waals surface area contributed by atoms with Crippen molar-refractivity contribution in [3.8, 4) is 0 Å². The van der Waals surface area contributed by atoms with Crippen LogP contribution in [0.1, 0.15) is 48.5 Å². The first kappa shape index (κ1) is 18.3. The number of carboxylic acids is 1. The average molecular weight is 290 g/mol. The molecule has 0 saturated heterocycles. The van der Waals surface area contributed by atoms with Crippen molar-refractivity contribution < 1.29 is 23.2 Å². The summed E-state index contributed by atoms with van der Waals surface area (Å²) in [6.07, 6.45) is -0.328. The van der Waals surface area contributed by atoms with Crippen molar-refractivity contribution in [3.63, 3.8) is 0 Å². The molecule has 0 bridgehead atoms. The third-order valence-corrected chi connectivity index (χ3v) is 5.12. The molecule has 19 heavy (non-hydrogen) atoms. The largest absolute Gasteiger partial charge is 0.530 e. The summed E-state index contributed by atoms with van der Waals surface area (Å²) in [7, 11) is -3.15. The van der Waals surface area contributed by atoms with Crippen molar-refractivity contribution in [1.29, 1.82) is 0 Å². The summed E-state index contributed by atoms with van der Waals surface area (Å²) in [5, 5.41) is 9.03. The molecule has 0 aliphatic rings. The van der Waals surface area contributed by atoms with Crippen LogP contribution in [0.5, 0.6) is 0 Å². The van der Waals surface area contributed by atoms with Gasteiger partial charge in [-0.05, 0) is 54.2 Å². The Balaban J connectivity index is 5.45. The lowest BCUT2D eigenvalue weighted by Crippen LogP contribution is -2.49. The van der Waals surface area contributed by atoms with Gasteiger partial charge in [0.25, 0.3) is 0 Å². The van der Waals surface area contributed by atoms with Gasteiger partial charge in [0, 0.05) is 23.9 Å². The molecule has 0 amide bonds. The maximum Gasteiger partial charge on any atom is 0.530 e. The molecular formula is C13H26O5Si. The van der Waals surface area contributed by atoms with E-state index in [1.807, 2.05) is 41.5 Å². The summed E-state index contributed by atoms with van der Waals surface area (Å²) in [6, 6.07) is 0. The van der Waals surface area contributed by atoms with Gasteiger partial charge in [-0.3, -0.25) is 0 Å². The zero-order valence-electron chi connectivity index (χ0n) is 12.9. The number of rotatable bonds is 8. The summed E-state index contributed by atoms with van der Waals surface area (Å²) >= 11 is 0. The molecule has 0 aliphatic heterocycles. The molecule has 1 N–H and O–H groups in total. The molecule has 0 unspecified atom stereocenters. The Morgan fingerprint density at radius 1 is 0.947 bits per heavy atom. The molecule has 0 radical (unpaired) electrons. The predicted molar refractivity (Wildman–Crippen MR) is 75.8 cm³/mol. The monoisotopic (exact) mass is 290 g/mol. The molecule has 0 atom stereocenters. The van der Waals surface area contributed by atoms with E-state index in [0.717, 1.165) is 0 Å². The van der Waals surface area contributed by atoms with Crippen LogP contribution in [0, 0.1) is 0 Å². The number of carbonyl (C=O) groups is 1. The number of carboxylic acid groups (broad SMARTS) is 1. The third-order valence-electron chi connectivity index (χ3n) is 1.93. The van der Waals surface area contributed by atoms with E-state index in [4.69, 9.17) is 18.4 Å². The Morgan fingerprint density at radius 2 is 1.26 bits per heavy atom. The first-order chi connectivity index (χ1) is 8.58. The molecule has 0 aromatic heterocycles. The van der Waals surface area contributed by atoms with Crippen LogP contribution >= 0.6 is 0 Å². The topological polar surface area (TPSA) is 65.0 Å². The number of hydrogen-bond donors (Lipinski definition) is 1. The van der Waals surface area contributed by atoms with Crippen molar-refractivity contribution in [2.45, 2.75) is 66.8 Å². The van der Waals surface area contributed by atoms with Crippen LogP contribution in [0.25, 0.3) is 0 Å². The smallest absolute Gasteiger partial charge is 0.478 e. The minimum atomic E-state index is -3.15. The lowest BCUT2D eigenvalue weighted by Gasteiger charge is -2.32. The molecule has 0 rings (SSSR count). The van der Waals surface area contributed by atoms with Gasteiger partial charge in [-0.1, -0.05) is 0 Å². The molecule has 5 nitrogen and oxygen atoms in total. The van der Waals surface area contributed by atoms with E-state index in [-0.39, 0.29) is 23.9 Å². The number of aliphatic carboxylic acids is 1. The molecule has 0 aliphatic carbocycles. The van der Waals surface area contributed by atoms with Crippen LogP contribution in [0.4, 0.5) is 0 Å². The van der Waals surface area contributed by atoms with Crippen LogP contribution in [0.2, 0.25) is 0 Å². The number of hydrogen-bond acceptors (Lipinski definition) is 4. The molecule has 0 saturated carbocycles. The predicted octanol–water partition coefficient (Wildman–Crippen LogP) is 2.77. The summed E-state index contributed by atoms with van der Waals surface area (Å²) in [5.41, 5.74) is 1.68. The summed E-state index contributed by atoms with van der Waals surface area (Å²) in [5.74, 6) is -0.996. The van der Waals surface area contributed by atoms with Gasteiger partial charge in [0.05, 0.1) is 0 Å². The maximum atomic E-state index is 11.0. The fourth-order valence-electron chi connectivity index (χ4n) is 1.50. The summed E-state index contributed by atoms with van der Waals surface area (Å²) in [4.78, 5) is 11.0. The zero-order chi connectivity index (χ0) is 15.2. The highest BCUT2D eigenvalue weighted by Crippen LogP contribution is 2.20. The van der Waals surface area contributed by atoms with Gasteiger partial charge < -0.3 is 18.4 Å². The highest BCUT2D eigenvalue weighted by molar-refractivity contribution is 6.67. The minimum Gasteiger partial charge on any atom is -0.478 e. The summed E-state index contributed by atoms with van der Waals surface area (Å²) in [6.45, 7) is 12.8. The van der Waals surface area contributed by atoms with Gasteiger partial charge in [0.1, 0.15) is 0 Å². The summed E-state index contributed by atoms with van der Waals surface area (Å²) < 4.78 is 17.5. The fraction of sp³-hybridized carbons (Fsp3) is 0.769. The van der Waals surface area contributed by atoms with E-state index in [0.29, 0.717) is 0 Å². The molecule has 0 aromatic rings. The van der Waals surface area contributed by atoms with Crippen molar-refractivity contribution in [2.75, 3.05) is 0 Å². The van der Waals surface area contributed by atoms with E-state index in [9.17, 15) is 4.79 Å². The van der Waals surface area contributed by atoms with Crippen LogP contribution < -0.4 is 0 Å². The average Bonchev–Trinajstić information content (AvgIpc) is 2.12. The second-order valence-electron chi connectivity index (χ2n) is 5.24. The second kappa shape index (κ2) is 7.79. The van der Waals surface area contributed by atoms with Gasteiger partial charge in [0.15, 0.2) is 0 Å². The lowest BCUT2D eigenvalue weighted by molar-refractivity contribution is -0.132. The SMILES string of the molecule is CC(=C[Si](OC(C)C)(OC(C)C)OC(C)C)C(=O)O. The Morgan fingerprint density at radius 3 is 1.47 bits per heavy atom. The molecular weight excluding hydrogens is 264 g/mol. The lowest BCUT2D eigenvalue weighted by atomic mass is 10.4. The van der Waals surface area contributed by atoms with Crippen molar-refractivity contribution in [2.24, 2.45) is 0 Å². The molecule has 6 heteroatoms. The van der Waals surface area contributed by atoms with Crippen LogP contribution in [0.3, 0.4) is 0 Å². The highest BCUT2D eigenvalue weighted by atomic mass is 28.4. The minimum absolute atomic E-state index is 0.109.